The molecular weight excluding hydrogens is 346 g/mol. The molecule has 2 saturated heterocycles. The molecule has 5 nitrogen and oxygen atoms in total. The van der Waals surface area contributed by atoms with E-state index in [1.807, 2.05) is 44.0 Å². The van der Waals surface area contributed by atoms with Gasteiger partial charge in [0.2, 0.25) is 0 Å². The highest BCUT2D eigenvalue weighted by Crippen LogP contribution is 2.32. The van der Waals surface area contributed by atoms with Crippen LogP contribution in [0.2, 0.25) is 0 Å². The van der Waals surface area contributed by atoms with Gasteiger partial charge in [0.1, 0.15) is 5.60 Å². The van der Waals surface area contributed by atoms with Gasteiger partial charge in [-0.05, 0) is 55.3 Å². The molecule has 0 saturated carbocycles. The number of amides is 1. The van der Waals surface area contributed by atoms with E-state index >= 15 is 0 Å². The average Bonchev–Trinajstić information content (AvgIpc) is 2.99. The monoisotopic (exact) mass is 367 g/mol. The Kier molecular flexibility index (Phi) is 4.16. The summed E-state index contributed by atoms with van der Waals surface area (Å²) in [5, 5.41) is 0. The number of piperazine rings is 1. The fraction of sp³-hybridized carbons (Fsp3) is 0.625. The van der Waals surface area contributed by atoms with Crippen molar-refractivity contribution in [2.45, 2.75) is 51.4 Å². The van der Waals surface area contributed by atoms with Crippen LogP contribution in [0.15, 0.2) is 22.8 Å². The summed E-state index contributed by atoms with van der Waals surface area (Å²) >= 11 is 3.40. The van der Waals surface area contributed by atoms with Crippen LogP contribution in [0.25, 0.3) is 0 Å². The molecule has 6 heteroatoms. The van der Waals surface area contributed by atoms with E-state index in [1.165, 1.54) is 0 Å². The predicted octanol–water partition coefficient (Wildman–Crippen LogP) is 3.04. The smallest absolute Gasteiger partial charge is 0.410 e. The van der Waals surface area contributed by atoms with Crippen molar-refractivity contribution in [1.82, 2.24) is 14.8 Å². The van der Waals surface area contributed by atoms with Gasteiger partial charge in [-0.2, -0.15) is 0 Å². The zero-order chi connectivity index (χ0) is 15.9. The van der Waals surface area contributed by atoms with Crippen molar-refractivity contribution < 1.29 is 9.53 Å². The normalized spacial score (nSPS) is 24.8. The van der Waals surface area contributed by atoms with E-state index in [2.05, 4.69) is 25.8 Å². The van der Waals surface area contributed by atoms with Gasteiger partial charge >= 0.3 is 6.09 Å². The molecule has 2 aliphatic heterocycles. The molecule has 2 unspecified atom stereocenters. The van der Waals surface area contributed by atoms with Crippen molar-refractivity contribution >= 4 is 22.0 Å². The van der Waals surface area contributed by atoms with Gasteiger partial charge in [0.25, 0.3) is 0 Å². The van der Waals surface area contributed by atoms with E-state index in [0.717, 1.165) is 36.2 Å². The van der Waals surface area contributed by atoms with Crippen LogP contribution in [0, 0.1) is 0 Å². The fourth-order valence-electron chi connectivity index (χ4n) is 3.20. The maximum atomic E-state index is 12.2. The van der Waals surface area contributed by atoms with Gasteiger partial charge in [-0.25, -0.2) is 4.79 Å². The molecule has 2 fully saturated rings. The third-order valence-electron chi connectivity index (χ3n) is 4.14. The molecule has 120 valence electrons. The summed E-state index contributed by atoms with van der Waals surface area (Å²) in [7, 11) is 0. The average molecular weight is 368 g/mol. The number of aromatic nitrogens is 1. The molecule has 0 spiro atoms. The molecule has 2 bridgehead atoms. The van der Waals surface area contributed by atoms with Crippen LogP contribution in [0.4, 0.5) is 4.79 Å². The van der Waals surface area contributed by atoms with Crippen molar-refractivity contribution in [3.8, 4) is 0 Å². The molecule has 1 amide bonds. The molecule has 0 N–H and O–H groups in total. The first kappa shape index (κ1) is 15.7. The number of hydrogen-bond acceptors (Lipinski definition) is 4. The summed E-state index contributed by atoms with van der Waals surface area (Å²) in [5.74, 6) is 0. The molecule has 0 aromatic carbocycles. The second-order valence-corrected chi connectivity index (χ2v) is 7.99. The maximum absolute atomic E-state index is 12.2. The van der Waals surface area contributed by atoms with E-state index in [-0.39, 0.29) is 12.1 Å². The summed E-state index contributed by atoms with van der Waals surface area (Å²) < 4.78 is 6.49. The molecule has 3 rings (SSSR count). The highest BCUT2D eigenvalue weighted by molar-refractivity contribution is 9.10. The fourth-order valence-corrected chi connectivity index (χ4v) is 3.43. The molecule has 1 aromatic heterocycles. The first-order valence-corrected chi connectivity index (χ1v) is 8.45. The van der Waals surface area contributed by atoms with E-state index in [0.29, 0.717) is 6.04 Å². The number of carbonyl (C=O) groups is 1. The number of likely N-dealkylation sites (tertiary alicyclic amines) is 2. The zero-order valence-electron chi connectivity index (χ0n) is 13.3. The largest absolute Gasteiger partial charge is 0.444 e. The highest BCUT2D eigenvalue weighted by atomic mass is 79.9. The minimum atomic E-state index is -0.431. The molecule has 2 atom stereocenters. The Labute approximate surface area is 139 Å². The lowest BCUT2D eigenvalue weighted by Crippen LogP contribution is -2.49. The Morgan fingerprint density at radius 1 is 1.36 bits per heavy atom. The second kappa shape index (κ2) is 5.81. The van der Waals surface area contributed by atoms with Crippen LogP contribution < -0.4 is 0 Å². The zero-order valence-corrected chi connectivity index (χ0v) is 14.8. The van der Waals surface area contributed by atoms with E-state index < -0.39 is 5.60 Å². The number of fused-ring (bicyclic) bond motifs is 2. The lowest BCUT2D eigenvalue weighted by molar-refractivity contribution is 0.0123. The number of carbonyl (C=O) groups excluding carboxylic acids is 1. The van der Waals surface area contributed by atoms with Gasteiger partial charge in [0.05, 0.1) is 5.69 Å². The lowest BCUT2D eigenvalue weighted by Gasteiger charge is -2.35. The van der Waals surface area contributed by atoms with Crippen LogP contribution >= 0.6 is 15.9 Å². The minimum absolute atomic E-state index is 0.179. The first-order chi connectivity index (χ1) is 10.3. The highest BCUT2D eigenvalue weighted by Gasteiger charge is 2.46. The van der Waals surface area contributed by atoms with E-state index in [1.54, 1.807) is 0 Å². The van der Waals surface area contributed by atoms with Crippen LogP contribution in [0.3, 0.4) is 0 Å². The number of nitrogens with zero attached hydrogens (tertiary/aromatic N) is 3. The summed E-state index contributed by atoms with van der Waals surface area (Å²) in [5.41, 5.74) is 0.638. The van der Waals surface area contributed by atoms with E-state index in [4.69, 9.17) is 4.74 Å². The van der Waals surface area contributed by atoms with E-state index in [9.17, 15) is 4.79 Å². The number of halogens is 1. The summed E-state index contributed by atoms with van der Waals surface area (Å²) in [4.78, 5) is 21.0. The molecule has 1 aromatic rings. The lowest BCUT2D eigenvalue weighted by atomic mass is 10.2. The third kappa shape index (κ3) is 3.43. The molecule has 0 radical (unpaired) electrons. The van der Waals surface area contributed by atoms with Crippen LogP contribution in [-0.4, -0.2) is 51.7 Å². The van der Waals surface area contributed by atoms with Crippen molar-refractivity contribution in [1.29, 1.82) is 0 Å². The molecule has 3 heterocycles. The van der Waals surface area contributed by atoms with Crippen molar-refractivity contribution in [2.75, 3.05) is 13.1 Å². The van der Waals surface area contributed by atoms with Crippen LogP contribution in [-0.2, 0) is 11.3 Å². The predicted molar refractivity (Wildman–Crippen MR) is 87.5 cm³/mol. The molecular formula is C16H22BrN3O2. The number of rotatable bonds is 2. The minimum Gasteiger partial charge on any atom is -0.444 e. The van der Waals surface area contributed by atoms with Gasteiger partial charge < -0.3 is 9.64 Å². The van der Waals surface area contributed by atoms with Gasteiger partial charge in [0.15, 0.2) is 0 Å². The quantitative estimate of drug-likeness (QED) is 0.805. The second-order valence-electron chi connectivity index (χ2n) is 7.07. The molecule has 22 heavy (non-hydrogen) atoms. The van der Waals surface area contributed by atoms with Gasteiger partial charge in [-0.3, -0.25) is 9.88 Å². The topological polar surface area (TPSA) is 45.7 Å². The van der Waals surface area contributed by atoms with Crippen LogP contribution in [0.1, 0.15) is 32.9 Å². The summed E-state index contributed by atoms with van der Waals surface area (Å²) in [6.45, 7) is 8.23. The number of hydrogen-bond donors (Lipinski definition) is 0. The Bertz CT molecular complexity index is 556. The van der Waals surface area contributed by atoms with Gasteiger partial charge in [-0.1, -0.05) is 0 Å². The van der Waals surface area contributed by atoms with Crippen molar-refractivity contribution in [3.63, 3.8) is 0 Å². The summed E-state index contributed by atoms with van der Waals surface area (Å²) in [6, 6.07) is 4.75. The third-order valence-corrected chi connectivity index (χ3v) is 4.60. The SMILES string of the molecule is CC(C)(C)OC(=O)N1CC2CC1CN2Cc1ccc(Br)cn1. The van der Waals surface area contributed by atoms with Crippen molar-refractivity contribution in [2.24, 2.45) is 0 Å². The van der Waals surface area contributed by atoms with Gasteiger partial charge in [0, 0.05) is 42.4 Å². The molecule has 0 aliphatic carbocycles. The molecule has 2 aliphatic rings. The first-order valence-electron chi connectivity index (χ1n) is 7.66. The van der Waals surface area contributed by atoms with Crippen LogP contribution in [0.5, 0.6) is 0 Å². The summed E-state index contributed by atoms with van der Waals surface area (Å²) in [6.07, 6.45) is 2.69. The van der Waals surface area contributed by atoms with Gasteiger partial charge in [-0.15, -0.1) is 0 Å². The Morgan fingerprint density at radius 2 is 2.14 bits per heavy atom. The Balaban J connectivity index is 1.58. The number of pyridine rings is 1. The standard InChI is InChI=1S/C16H22BrN3O2/c1-16(2,3)22-15(21)20-10-13-6-14(20)9-19(13)8-12-5-4-11(17)7-18-12/h4-5,7,13-14H,6,8-10H2,1-3H3. The Hall–Kier alpha value is -1.14. The maximum Gasteiger partial charge on any atom is 0.410 e. The Morgan fingerprint density at radius 3 is 2.68 bits per heavy atom. The van der Waals surface area contributed by atoms with Crippen molar-refractivity contribution in [3.05, 3.63) is 28.5 Å². The number of ether oxygens (including phenoxy) is 1.